The first kappa shape index (κ1) is 11.8. The van der Waals surface area contributed by atoms with E-state index in [4.69, 9.17) is 16.7 Å². The van der Waals surface area contributed by atoms with Gasteiger partial charge in [-0.1, -0.05) is 18.0 Å². The van der Waals surface area contributed by atoms with E-state index in [0.717, 1.165) is 12.2 Å². The summed E-state index contributed by atoms with van der Waals surface area (Å²) < 4.78 is 0. The van der Waals surface area contributed by atoms with Crippen molar-refractivity contribution in [1.29, 1.82) is 0 Å². The molecule has 0 radical (unpaired) electrons. The first-order valence-electron chi connectivity index (χ1n) is 5.62. The van der Waals surface area contributed by atoms with Crippen molar-refractivity contribution < 1.29 is 5.11 Å². The average molecular weight is 242 g/mol. The third-order valence-corrected chi connectivity index (χ3v) is 3.23. The molecule has 0 saturated heterocycles. The quantitative estimate of drug-likeness (QED) is 0.849. The van der Waals surface area contributed by atoms with Crippen molar-refractivity contribution in [1.82, 2.24) is 15.1 Å². The van der Waals surface area contributed by atoms with E-state index in [1.165, 1.54) is 19.3 Å². The average Bonchev–Trinajstić information content (AvgIpc) is 2.19. The molecule has 0 atom stereocenters. The van der Waals surface area contributed by atoms with Gasteiger partial charge in [-0.2, -0.15) is 5.10 Å². The standard InChI is InChI=1S/C11H16ClN3O/c12-11-5-4-9(13-14-11)8-15(6-7-16)10-2-1-3-10/h4-5,10,16H,1-3,6-8H2. The minimum atomic E-state index is 0.192. The van der Waals surface area contributed by atoms with Gasteiger partial charge in [-0.05, 0) is 25.0 Å². The first-order valence-corrected chi connectivity index (χ1v) is 6.00. The van der Waals surface area contributed by atoms with E-state index in [2.05, 4.69) is 15.1 Å². The van der Waals surface area contributed by atoms with Crippen LogP contribution in [0.25, 0.3) is 0 Å². The number of nitrogens with zero attached hydrogens (tertiary/aromatic N) is 3. The molecule has 88 valence electrons. The van der Waals surface area contributed by atoms with Gasteiger partial charge in [-0.3, -0.25) is 4.90 Å². The van der Waals surface area contributed by atoms with Crippen molar-refractivity contribution in [3.63, 3.8) is 0 Å². The number of aliphatic hydroxyl groups is 1. The Morgan fingerprint density at radius 1 is 1.38 bits per heavy atom. The Bertz CT molecular complexity index is 327. The van der Waals surface area contributed by atoms with Crippen LogP contribution in [-0.4, -0.2) is 39.4 Å². The smallest absolute Gasteiger partial charge is 0.151 e. The molecule has 1 saturated carbocycles. The Hall–Kier alpha value is -0.710. The van der Waals surface area contributed by atoms with Gasteiger partial charge in [0.2, 0.25) is 0 Å². The molecule has 5 heteroatoms. The molecule has 1 aromatic heterocycles. The molecule has 0 aromatic carbocycles. The largest absolute Gasteiger partial charge is 0.395 e. The van der Waals surface area contributed by atoms with E-state index >= 15 is 0 Å². The number of aliphatic hydroxyl groups excluding tert-OH is 1. The molecule has 1 N–H and O–H groups in total. The molecule has 4 nitrogen and oxygen atoms in total. The topological polar surface area (TPSA) is 49.2 Å². The van der Waals surface area contributed by atoms with Gasteiger partial charge in [0.15, 0.2) is 5.15 Å². The number of hydrogen-bond acceptors (Lipinski definition) is 4. The highest BCUT2D eigenvalue weighted by Crippen LogP contribution is 2.25. The van der Waals surface area contributed by atoms with Crippen LogP contribution in [0.5, 0.6) is 0 Å². The van der Waals surface area contributed by atoms with E-state index in [-0.39, 0.29) is 6.61 Å². The number of halogens is 1. The summed E-state index contributed by atoms with van der Waals surface area (Å²) in [5.74, 6) is 0. The summed E-state index contributed by atoms with van der Waals surface area (Å²) in [6.07, 6.45) is 3.74. The van der Waals surface area contributed by atoms with Gasteiger partial charge in [-0.15, -0.1) is 5.10 Å². The van der Waals surface area contributed by atoms with Crippen LogP contribution >= 0.6 is 11.6 Å². The van der Waals surface area contributed by atoms with Gasteiger partial charge >= 0.3 is 0 Å². The molecule has 1 heterocycles. The van der Waals surface area contributed by atoms with Crippen LogP contribution in [-0.2, 0) is 6.54 Å². The van der Waals surface area contributed by atoms with Gasteiger partial charge < -0.3 is 5.11 Å². The maximum Gasteiger partial charge on any atom is 0.151 e. The Morgan fingerprint density at radius 2 is 2.19 bits per heavy atom. The van der Waals surface area contributed by atoms with Gasteiger partial charge in [0, 0.05) is 19.1 Å². The molecular formula is C11H16ClN3O. The second kappa shape index (κ2) is 5.57. The SMILES string of the molecule is OCCN(Cc1ccc(Cl)nn1)C1CCC1. The monoisotopic (exact) mass is 241 g/mol. The predicted octanol–water partition coefficient (Wildman–Crippen LogP) is 1.48. The normalized spacial score (nSPS) is 16.4. The molecule has 16 heavy (non-hydrogen) atoms. The van der Waals surface area contributed by atoms with Crippen molar-refractivity contribution >= 4 is 11.6 Å². The van der Waals surface area contributed by atoms with Crippen LogP contribution in [0.1, 0.15) is 25.0 Å². The summed E-state index contributed by atoms with van der Waals surface area (Å²) in [6.45, 7) is 1.64. The molecule has 2 rings (SSSR count). The lowest BCUT2D eigenvalue weighted by Crippen LogP contribution is -2.41. The van der Waals surface area contributed by atoms with E-state index in [9.17, 15) is 0 Å². The summed E-state index contributed by atoms with van der Waals surface area (Å²) >= 11 is 5.68. The zero-order valence-electron chi connectivity index (χ0n) is 9.14. The van der Waals surface area contributed by atoms with Crippen molar-refractivity contribution in [2.45, 2.75) is 31.8 Å². The van der Waals surface area contributed by atoms with Crippen LogP contribution in [0.3, 0.4) is 0 Å². The van der Waals surface area contributed by atoms with Gasteiger partial charge in [0.25, 0.3) is 0 Å². The van der Waals surface area contributed by atoms with Gasteiger partial charge in [-0.25, -0.2) is 0 Å². The Balaban J connectivity index is 1.96. The number of rotatable bonds is 5. The fraction of sp³-hybridized carbons (Fsp3) is 0.636. The lowest BCUT2D eigenvalue weighted by atomic mass is 9.91. The van der Waals surface area contributed by atoms with Gasteiger partial charge in [0.1, 0.15) is 0 Å². The number of aromatic nitrogens is 2. The van der Waals surface area contributed by atoms with Crippen molar-refractivity contribution in [3.8, 4) is 0 Å². The highest BCUT2D eigenvalue weighted by molar-refractivity contribution is 6.29. The third-order valence-electron chi connectivity index (χ3n) is 3.03. The summed E-state index contributed by atoms with van der Waals surface area (Å²) in [6, 6.07) is 4.24. The van der Waals surface area contributed by atoms with Crippen LogP contribution in [0, 0.1) is 0 Å². The van der Waals surface area contributed by atoms with E-state index in [0.29, 0.717) is 17.7 Å². The zero-order valence-corrected chi connectivity index (χ0v) is 9.90. The third kappa shape index (κ3) is 2.90. The highest BCUT2D eigenvalue weighted by Gasteiger charge is 2.24. The second-order valence-corrected chi connectivity index (χ2v) is 4.51. The van der Waals surface area contributed by atoms with E-state index in [1.807, 2.05) is 6.07 Å². The van der Waals surface area contributed by atoms with Crippen LogP contribution in [0.15, 0.2) is 12.1 Å². The fourth-order valence-corrected chi connectivity index (χ4v) is 2.01. The van der Waals surface area contributed by atoms with Crippen LogP contribution in [0.4, 0.5) is 0 Å². The lowest BCUT2D eigenvalue weighted by molar-refractivity contribution is 0.0931. The van der Waals surface area contributed by atoms with Crippen LogP contribution < -0.4 is 0 Å². The molecule has 0 unspecified atom stereocenters. The molecule has 0 aliphatic heterocycles. The summed E-state index contributed by atoms with van der Waals surface area (Å²) in [5, 5.41) is 17.3. The molecule has 1 aliphatic rings. The Kier molecular flexibility index (Phi) is 4.09. The molecule has 1 fully saturated rings. The van der Waals surface area contributed by atoms with Gasteiger partial charge in [0.05, 0.1) is 12.3 Å². The number of hydrogen-bond donors (Lipinski definition) is 1. The summed E-state index contributed by atoms with van der Waals surface area (Å²) in [4.78, 5) is 2.27. The molecule has 0 spiro atoms. The summed E-state index contributed by atoms with van der Waals surface area (Å²) in [5.41, 5.74) is 0.907. The van der Waals surface area contributed by atoms with Crippen molar-refractivity contribution in [2.24, 2.45) is 0 Å². The van der Waals surface area contributed by atoms with Crippen molar-refractivity contribution in [2.75, 3.05) is 13.2 Å². The minimum Gasteiger partial charge on any atom is -0.395 e. The molecular weight excluding hydrogens is 226 g/mol. The first-order chi connectivity index (χ1) is 7.79. The minimum absolute atomic E-state index is 0.192. The second-order valence-electron chi connectivity index (χ2n) is 4.13. The van der Waals surface area contributed by atoms with Crippen molar-refractivity contribution in [3.05, 3.63) is 23.0 Å². The van der Waals surface area contributed by atoms with E-state index in [1.54, 1.807) is 6.07 Å². The summed E-state index contributed by atoms with van der Waals surface area (Å²) in [7, 11) is 0. The molecule has 0 bridgehead atoms. The Labute approximate surface area is 100 Å². The van der Waals surface area contributed by atoms with E-state index < -0.39 is 0 Å². The lowest BCUT2D eigenvalue weighted by Gasteiger charge is -2.36. The van der Waals surface area contributed by atoms with Crippen LogP contribution in [0.2, 0.25) is 5.15 Å². The zero-order chi connectivity index (χ0) is 11.4. The highest BCUT2D eigenvalue weighted by atomic mass is 35.5. The molecule has 0 amide bonds. The molecule has 1 aromatic rings. The maximum absolute atomic E-state index is 9.03. The predicted molar refractivity (Wildman–Crippen MR) is 62.2 cm³/mol. The Morgan fingerprint density at radius 3 is 2.69 bits per heavy atom. The fourth-order valence-electron chi connectivity index (χ4n) is 1.91. The maximum atomic E-state index is 9.03. The molecule has 1 aliphatic carbocycles.